The van der Waals surface area contributed by atoms with Gasteiger partial charge in [-0.3, -0.25) is 9.59 Å². The number of ketones is 2. The lowest BCUT2D eigenvalue weighted by Crippen LogP contribution is -2.26. The fourth-order valence-corrected chi connectivity index (χ4v) is 2.54. The van der Waals surface area contributed by atoms with Crippen LogP contribution < -0.4 is 10.1 Å². The van der Waals surface area contributed by atoms with Gasteiger partial charge in [0.05, 0.1) is 0 Å². The average molecular weight is 295 g/mol. The lowest BCUT2D eigenvalue weighted by molar-refractivity contribution is 0.0972. The first-order valence-corrected chi connectivity index (χ1v) is 7.25. The second kappa shape index (κ2) is 5.64. The molecule has 2 aromatic carbocycles. The Labute approximate surface area is 129 Å². The molecule has 1 aliphatic rings. The predicted molar refractivity (Wildman–Crippen MR) is 85.0 cm³/mol. The molecule has 0 spiro atoms. The van der Waals surface area contributed by atoms with Crippen molar-refractivity contribution in [2.45, 2.75) is 26.3 Å². The van der Waals surface area contributed by atoms with E-state index in [0.29, 0.717) is 29.0 Å². The molecule has 3 rings (SSSR count). The number of hydrogen-bond acceptors (Lipinski definition) is 4. The number of anilines is 1. The van der Waals surface area contributed by atoms with Gasteiger partial charge in [0.15, 0.2) is 11.6 Å². The first kappa shape index (κ1) is 14.3. The van der Waals surface area contributed by atoms with E-state index in [-0.39, 0.29) is 17.6 Å². The Kier molecular flexibility index (Phi) is 3.67. The normalized spacial score (nSPS) is 16.6. The van der Waals surface area contributed by atoms with Gasteiger partial charge in [0, 0.05) is 29.3 Å². The molecule has 112 valence electrons. The number of hydrogen-bond donors (Lipinski definition) is 1. The van der Waals surface area contributed by atoms with Crippen molar-refractivity contribution in [3.05, 3.63) is 53.6 Å². The third-order valence-electron chi connectivity index (χ3n) is 3.68. The molecule has 0 radical (unpaired) electrons. The Balaban J connectivity index is 1.83. The molecule has 0 bridgehead atoms. The van der Waals surface area contributed by atoms with Crippen LogP contribution in [0.5, 0.6) is 11.5 Å². The molecular weight excluding hydrogens is 278 g/mol. The fourth-order valence-electron chi connectivity index (χ4n) is 2.54. The summed E-state index contributed by atoms with van der Waals surface area (Å²) < 4.78 is 5.76. The van der Waals surface area contributed by atoms with Gasteiger partial charge in [-0.2, -0.15) is 0 Å². The third-order valence-corrected chi connectivity index (χ3v) is 3.68. The van der Waals surface area contributed by atoms with E-state index in [1.807, 2.05) is 19.1 Å². The number of ether oxygens (including phenoxy) is 1. The number of carbonyl (C=O) groups excluding carboxylic acids is 2. The number of carbonyl (C=O) groups is 2. The minimum Gasteiger partial charge on any atom is -0.457 e. The predicted octanol–water partition coefficient (Wildman–Crippen LogP) is 4.07. The standard InChI is InChI=1S/C18H17NO3/c1-11-9-18(21)16-10-15(7-8-17(16)19-11)22-14-5-3-13(4-6-14)12(2)20/h3-8,10-11,19H,9H2,1-2H3. The van der Waals surface area contributed by atoms with Gasteiger partial charge in [-0.05, 0) is 56.3 Å². The van der Waals surface area contributed by atoms with E-state index in [2.05, 4.69) is 5.32 Å². The van der Waals surface area contributed by atoms with Crippen LogP contribution in [0.3, 0.4) is 0 Å². The maximum atomic E-state index is 12.1. The van der Waals surface area contributed by atoms with Crippen LogP contribution in [0.4, 0.5) is 5.69 Å². The topological polar surface area (TPSA) is 55.4 Å². The van der Waals surface area contributed by atoms with Gasteiger partial charge in [-0.1, -0.05) is 0 Å². The van der Waals surface area contributed by atoms with Crippen molar-refractivity contribution >= 4 is 17.3 Å². The van der Waals surface area contributed by atoms with E-state index < -0.39 is 0 Å². The van der Waals surface area contributed by atoms with Gasteiger partial charge in [0.2, 0.25) is 0 Å². The summed E-state index contributed by atoms with van der Waals surface area (Å²) in [4.78, 5) is 23.3. The third kappa shape index (κ3) is 2.86. The Morgan fingerprint density at radius 2 is 1.82 bits per heavy atom. The molecule has 0 aliphatic carbocycles. The zero-order chi connectivity index (χ0) is 15.7. The Hall–Kier alpha value is -2.62. The molecule has 0 amide bonds. The maximum Gasteiger partial charge on any atom is 0.167 e. The van der Waals surface area contributed by atoms with E-state index >= 15 is 0 Å². The number of fused-ring (bicyclic) bond motifs is 1. The fraction of sp³-hybridized carbons (Fsp3) is 0.222. The molecule has 1 atom stereocenters. The van der Waals surface area contributed by atoms with Gasteiger partial charge >= 0.3 is 0 Å². The second-order valence-corrected chi connectivity index (χ2v) is 5.56. The monoisotopic (exact) mass is 295 g/mol. The number of benzene rings is 2. The molecule has 0 aromatic heterocycles. The van der Waals surface area contributed by atoms with Crippen LogP contribution in [-0.4, -0.2) is 17.6 Å². The van der Waals surface area contributed by atoms with Crippen molar-refractivity contribution < 1.29 is 14.3 Å². The van der Waals surface area contributed by atoms with Crippen LogP contribution in [-0.2, 0) is 0 Å². The van der Waals surface area contributed by atoms with E-state index in [0.717, 1.165) is 5.69 Å². The molecule has 0 saturated carbocycles. The lowest BCUT2D eigenvalue weighted by Gasteiger charge is -2.23. The minimum atomic E-state index is 0.0196. The molecule has 1 aliphatic heterocycles. The van der Waals surface area contributed by atoms with E-state index in [1.54, 1.807) is 30.3 Å². The SMILES string of the molecule is CC(=O)c1ccc(Oc2ccc3c(c2)C(=O)CC(C)N3)cc1. The van der Waals surface area contributed by atoms with Gasteiger partial charge < -0.3 is 10.1 Å². The highest BCUT2D eigenvalue weighted by atomic mass is 16.5. The number of nitrogens with one attached hydrogen (secondary N) is 1. The summed E-state index contributed by atoms with van der Waals surface area (Å²) in [6.07, 6.45) is 0.490. The maximum absolute atomic E-state index is 12.1. The molecule has 4 heteroatoms. The van der Waals surface area contributed by atoms with Crippen LogP contribution in [0.1, 0.15) is 41.0 Å². The Morgan fingerprint density at radius 3 is 2.50 bits per heavy atom. The molecule has 2 aromatic rings. The van der Waals surface area contributed by atoms with Gasteiger partial charge in [-0.25, -0.2) is 0 Å². The van der Waals surface area contributed by atoms with Gasteiger partial charge in [0.25, 0.3) is 0 Å². The van der Waals surface area contributed by atoms with Crippen molar-refractivity contribution in [1.29, 1.82) is 0 Å². The highest BCUT2D eigenvalue weighted by Crippen LogP contribution is 2.30. The average Bonchev–Trinajstić information content (AvgIpc) is 2.48. The summed E-state index contributed by atoms with van der Waals surface area (Å²) in [7, 11) is 0. The zero-order valence-electron chi connectivity index (χ0n) is 12.6. The van der Waals surface area contributed by atoms with Crippen molar-refractivity contribution in [1.82, 2.24) is 0 Å². The van der Waals surface area contributed by atoms with Gasteiger partial charge in [-0.15, -0.1) is 0 Å². The summed E-state index contributed by atoms with van der Waals surface area (Å²) in [5, 5.41) is 3.29. The Morgan fingerprint density at radius 1 is 1.14 bits per heavy atom. The first-order chi connectivity index (χ1) is 10.5. The van der Waals surface area contributed by atoms with E-state index in [4.69, 9.17) is 4.74 Å². The molecular formula is C18H17NO3. The first-order valence-electron chi connectivity index (χ1n) is 7.25. The highest BCUT2D eigenvalue weighted by Gasteiger charge is 2.22. The lowest BCUT2D eigenvalue weighted by atomic mass is 9.97. The minimum absolute atomic E-state index is 0.0196. The molecule has 1 heterocycles. The summed E-state index contributed by atoms with van der Waals surface area (Å²) in [5.41, 5.74) is 2.16. The van der Waals surface area contributed by atoms with E-state index in [1.165, 1.54) is 6.92 Å². The van der Waals surface area contributed by atoms with Gasteiger partial charge in [0.1, 0.15) is 11.5 Å². The summed E-state index contributed by atoms with van der Waals surface area (Å²) in [5.74, 6) is 1.39. The smallest absolute Gasteiger partial charge is 0.167 e. The molecule has 1 unspecified atom stereocenters. The van der Waals surface area contributed by atoms with Crippen LogP contribution >= 0.6 is 0 Å². The second-order valence-electron chi connectivity index (χ2n) is 5.56. The summed E-state index contributed by atoms with van der Waals surface area (Å²) in [6.45, 7) is 3.51. The molecule has 1 N–H and O–H groups in total. The molecule has 0 saturated heterocycles. The highest BCUT2D eigenvalue weighted by molar-refractivity contribution is 6.03. The largest absolute Gasteiger partial charge is 0.457 e. The summed E-state index contributed by atoms with van der Waals surface area (Å²) >= 11 is 0. The number of rotatable bonds is 3. The quantitative estimate of drug-likeness (QED) is 0.867. The Bertz CT molecular complexity index is 734. The molecule has 4 nitrogen and oxygen atoms in total. The van der Waals surface area contributed by atoms with E-state index in [9.17, 15) is 9.59 Å². The van der Waals surface area contributed by atoms with Crippen LogP contribution in [0.25, 0.3) is 0 Å². The molecule has 22 heavy (non-hydrogen) atoms. The van der Waals surface area contributed by atoms with Crippen LogP contribution in [0.15, 0.2) is 42.5 Å². The van der Waals surface area contributed by atoms with Crippen molar-refractivity contribution in [2.24, 2.45) is 0 Å². The van der Waals surface area contributed by atoms with Crippen molar-refractivity contribution in [3.8, 4) is 11.5 Å². The number of Topliss-reactive ketones (excluding diaryl/α,β-unsaturated/α-hetero) is 2. The molecule has 0 fully saturated rings. The van der Waals surface area contributed by atoms with Crippen molar-refractivity contribution in [3.63, 3.8) is 0 Å². The van der Waals surface area contributed by atoms with Crippen LogP contribution in [0.2, 0.25) is 0 Å². The van der Waals surface area contributed by atoms with Crippen LogP contribution in [0, 0.1) is 0 Å². The summed E-state index contributed by atoms with van der Waals surface area (Å²) in [6, 6.07) is 12.6. The zero-order valence-corrected chi connectivity index (χ0v) is 12.6. The van der Waals surface area contributed by atoms with Crippen molar-refractivity contribution in [2.75, 3.05) is 5.32 Å².